The maximum Gasteiger partial charge on any atom is 0.325 e. The van der Waals surface area contributed by atoms with E-state index in [4.69, 9.17) is 4.42 Å². The molecule has 0 unspecified atom stereocenters. The van der Waals surface area contributed by atoms with Crippen LogP contribution in [0.3, 0.4) is 0 Å². The van der Waals surface area contributed by atoms with Crippen molar-refractivity contribution in [2.24, 2.45) is 5.92 Å². The number of hydrogen-bond acceptors (Lipinski definition) is 4. The molecular formula is C21H19N3O4. The van der Waals surface area contributed by atoms with Crippen molar-refractivity contribution in [3.05, 3.63) is 42.5 Å². The summed E-state index contributed by atoms with van der Waals surface area (Å²) in [6.45, 7) is 1.43. The van der Waals surface area contributed by atoms with E-state index in [-0.39, 0.29) is 18.4 Å². The maximum atomic E-state index is 12.6. The molecule has 1 aliphatic heterocycles. The molecule has 28 heavy (non-hydrogen) atoms. The summed E-state index contributed by atoms with van der Waals surface area (Å²) in [4.78, 5) is 38.3. The predicted molar refractivity (Wildman–Crippen MR) is 104 cm³/mol. The number of hydrogen-bond donors (Lipinski definition) is 2. The molecule has 2 fully saturated rings. The lowest BCUT2D eigenvalue weighted by molar-refractivity contribution is -0.134. The van der Waals surface area contributed by atoms with Crippen molar-refractivity contribution in [3.8, 4) is 0 Å². The number of carbonyl (C=O) groups excluding carboxylic acids is 3. The van der Waals surface area contributed by atoms with Crippen LogP contribution in [0.25, 0.3) is 21.9 Å². The quantitative estimate of drug-likeness (QED) is 0.683. The van der Waals surface area contributed by atoms with E-state index in [1.165, 1.54) is 0 Å². The summed E-state index contributed by atoms with van der Waals surface area (Å²) < 4.78 is 5.78. The second kappa shape index (κ2) is 5.82. The number of para-hydroxylation sites is 1. The number of fused-ring (bicyclic) bond motifs is 3. The van der Waals surface area contributed by atoms with Gasteiger partial charge in [0.2, 0.25) is 5.91 Å². The molecule has 4 amide bonds. The van der Waals surface area contributed by atoms with E-state index in [0.717, 1.165) is 39.7 Å². The Bertz CT molecular complexity index is 1150. The molecule has 1 saturated carbocycles. The van der Waals surface area contributed by atoms with Gasteiger partial charge < -0.3 is 15.1 Å². The molecule has 7 nitrogen and oxygen atoms in total. The van der Waals surface area contributed by atoms with Crippen molar-refractivity contribution in [2.75, 3.05) is 11.9 Å². The highest BCUT2D eigenvalue weighted by molar-refractivity contribution is 6.11. The lowest BCUT2D eigenvalue weighted by atomic mass is 9.96. The van der Waals surface area contributed by atoms with Crippen LogP contribution >= 0.6 is 0 Å². The first-order chi connectivity index (χ1) is 13.5. The Morgan fingerprint density at radius 1 is 1.18 bits per heavy atom. The van der Waals surface area contributed by atoms with Crippen molar-refractivity contribution in [1.82, 2.24) is 10.2 Å². The molecule has 0 bridgehead atoms. The van der Waals surface area contributed by atoms with E-state index in [0.29, 0.717) is 5.69 Å². The van der Waals surface area contributed by atoms with Crippen LogP contribution in [0.4, 0.5) is 10.5 Å². The van der Waals surface area contributed by atoms with Gasteiger partial charge in [0.05, 0.1) is 0 Å². The summed E-state index contributed by atoms with van der Waals surface area (Å²) in [6, 6.07) is 12.5. The van der Waals surface area contributed by atoms with Crippen molar-refractivity contribution < 1.29 is 18.8 Å². The van der Waals surface area contributed by atoms with E-state index < -0.39 is 17.5 Å². The van der Waals surface area contributed by atoms with Crippen LogP contribution in [0.2, 0.25) is 0 Å². The second-order valence-electron chi connectivity index (χ2n) is 7.66. The molecule has 1 aliphatic carbocycles. The summed E-state index contributed by atoms with van der Waals surface area (Å²) >= 11 is 0. The van der Waals surface area contributed by atoms with Crippen LogP contribution < -0.4 is 10.6 Å². The highest BCUT2D eigenvalue weighted by Crippen LogP contribution is 2.42. The van der Waals surface area contributed by atoms with Crippen molar-refractivity contribution in [3.63, 3.8) is 0 Å². The van der Waals surface area contributed by atoms with Gasteiger partial charge in [-0.2, -0.15) is 0 Å². The highest BCUT2D eigenvalue weighted by atomic mass is 16.3. The fourth-order valence-electron chi connectivity index (χ4n) is 3.94. The van der Waals surface area contributed by atoms with Crippen LogP contribution in [0, 0.1) is 5.92 Å². The number of urea groups is 1. The molecule has 3 aromatic rings. The Morgan fingerprint density at radius 3 is 2.71 bits per heavy atom. The van der Waals surface area contributed by atoms with Crippen LogP contribution in [0.1, 0.15) is 19.8 Å². The van der Waals surface area contributed by atoms with E-state index in [9.17, 15) is 14.4 Å². The molecule has 1 aromatic heterocycles. The number of benzene rings is 2. The number of nitrogens with zero attached hydrogens (tertiary/aromatic N) is 1. The third-order valence-electron chi connectivity index (χ3n) is 5.66. The van der Waals surface area contributed by atoms with Gasteiger partial charge in [0.15, 0.2) is 0 Å². The van der Waals surface area contributed by atoms with Gasteiger partial charge in [-0.25, -0.2) is 4.79 Å². The minimum atomic E-state index is -0.883. The molecule has 2 aliphatic rings. The summed E-state index contributed by atoms with van der Waals surface area (Å²) in [5, 5.41) is 7.38. The van der Waals surface area contributed by atoms with Gasteiger partial charge in [-0.05, 0) is 49.9 Å². The van der Waals surface area contributed by atoms with Crippen molar-refractivity contribution >= 4 is 45.5 Å². The van der Waals surface area contributed by atoms with Gasteiger partial charge in [0, 0.05) is 16.5 Å². The number of carbonyl (C=O) groups is 3. The van der Waals surface area contributed by atoms with E-state index in [2.05, 4.69) is 10.6 Å². The molecule has 1 atom stereocenters. The van der Waals surface area contributed by atoms with Gasteiger partial charge in [0.25, 0.3) is 5.91 Å². The molecule has 2 aromatic carbocycles. The van der Waals surface area contributed by atoms with Crippen molar-refractivity contribution in [2.45, 2.75) is 25.3 Å². The summed E-state index contributed by atoms with van der Waals surface area (Å²) in [5.41, 5.74) is 1.21. The molecule has 2 heterocycles. The molecule has 7 heteroatoms. The Morgan fingerprint density at radius 2 is 1.93 bits per heavy atom. The lowest BCUT2D eigenvalue weighted by Gasteiger charge is -2.20. The number of nitrogens with one attached hydrogen (secondary N) is 2. The number of amides is 4. The Balaban J connectivity index is 1.35. The zero-order valence-electron chi connectivity index (χ0n) is 15.3. The van der Waals surface area contributed by atoms with E-state index in [1.54, 1.807) is 19.1 Å². The normalized spacial score (nSPS) is 22.1. The molecule has 142 valence electrons. The number of furan rings is 1. The zero-order valence-corrected chi connectivity index (χ0v) is 15.3. The van der Waals surface area contributed by atoms with Crippen LogP contribution in [0.5, 0.6) is 0 Å². The van der Waals surface area contributed by atoms with Crippen LogP contribution in [-0.2, 0) is 9.59 Å². The summed E-state index contributed by atoms with van der Waals surface area (Å²) in [6.07, 6.45) is 1.84. The Labute approximate surface area is 160 Å². The SMILES string of the molecule is C[C@]1(C2CC2)NC(=O)N(CC(=O)Nc2ccc3oc4ccccc4c3c2)C1=O. The number of imide groups is 1. The second-order valence-corrected chi connectivity index (χ2v) is 7.66. The fourth-order valence-corrected chi connectivity index (χ4v) is 3.94. The van der Waals surface area contributed by atoms with Gasteiger partial charge in [-0.1, -0.05) is 18.2 Å². The topological polar surface area (TPSA) is 91.7 Å². The monoisotopic (exact) mass is 377 g/mol. The summed E-state index contributed by atoms with van der Waals surface area (Å²) in [5.74, 6) is -0.587. The largest absolute Gasteiger partial charge is 0.456 e. The third kappa shape index (κ3) is 2.54. The predicted octanol–water partition coefficient (Wildman–Crippen LogP) is 3.25. The average molecular weight is 377 g/mol. The zero-order chi connectivity index (χ0) is 19.5. The Kier molecular flexibility index (Phi) is 3.49. The average Bonchev–Trinajstić information content (AvgIpc) is 3.43. The standard InChI is InChI=1S/C21H19N3O4/c1-21(12-6-7-12)19(26)24(20(27)23-21)11-18(25)22-13-8-9-17-15(10-13)14-4-2-3-5-16(14)28-17/h2-5,8-10,12H,6-7,11H2,1H3,(H,22,25)(H,23,27)/t21-/m1/s1. The molecule has 2 N–H and O–H groups in total. The van der Waals surface area contributed by atoms with Gasteiger partial charge in [-0.3, -0.25) is 14.5 Å². The lowest BCUT2D eigenvalue weighted by Crippen LogP contribution is -2.46. The molecule has 0 spiro atoms. The molecule has 5 rings (SSSR count). The number of anilines is 1. The molecular weight excluding hydrogens is 358 g/mol. The van der Waals surface area contributed by atoms with Crippen LogP contribution in [-0.4, -0.2) is 34.8 Å². The summed E-state index contributed by atoms with van der Waals surface area (Å²) in [7, 11) is 0. The van der Waals surface area contributed by atoms with Gasteiger partial charge in [0.1, 0.15) is 23.2 Å². The van der Waals surface area contributed by atoms with Gasteiger partial charge in [-0.15, -0.1) is 0 Å². The molecule has 0 radical (unpaired) electrons. The minimum absolute atomic E-state index is 0.161. The Hall–Kier alpha value is -3.35. The van der Waals surface area contributed by atoms with E-state index in [1.807, 2.05) is 30.3 Å². The first-order valence-corrected chi connectivity index (χ1v) is 9.31. The number of rotatable bonds is 4. The van der Waals surface area contributed by atoms with Gasteiger partial charge >= 0.3 is 6.03 Å². The third-order valence-corrected chi connectivity index (χ3v) is 5.66. The highest BCUT2D eigenvalue weighted by Gasteiger charge is 2.56. The smallest absolute Gasteiger partial charge is 0.325 e. The minimum Gasteiger partial charge on any atom is -0.456 e. The van der Waals surface area contributed by atoms with E-state index >= 15 is 0 Å². The maximum absolute atomic E-state index is 12.6. The molecule has 1 saturated heterocycles. The first kappa shape index (κ1) is 16.8. The van der Waals surface area contributed by atoms with Crippen molar-refractivity contribution in [1.29, 1.82) is 0 Å². The fraction of sp³-hybridized carbons (Fsp3) is 0.286. The van der Waals surface area contributed by atoms with Crippen LogP contribution in [0.15, 0.2) is 46.9 Å². The first-order valence-electron chi connectivity index (χ1n) is 9.31.